The summed E-state index contributed by atoms with van der Waals surface area (Å²) >= 11 is 0. The van der Waals surface area contributed by atoms with Crippen molar-refractivity contribution in [3.63, 3.8) is 0 Å². The fourth-order valence-corrected chi connectivity index (χ4v) is 2.17. The highest BCUT2D eigenvalue weighted by atomic mass is 16.5. The zero-order valence-electron chi connectivity index (χ0n) is 14.7. The standard InChI is InChI=1S/C17H32O4/c1-12(2)8-17(7,16(19)21-11-14(5)6)9-15(18)20-10-13(3)4/h12-14H,8-11H2,1-7H3. The first-order valence-electron chi connectivity index (χ1n) is 7.89. The summed E-state index contributed by atoms with van der Waals surface area (Å²) in [5.41, 5.74) is -0.808. The molecule has 0 aromatic heterocycles. The third-order valence-electron chi connectivity index (χ3n) is 3.01. The SMILES string of the molecule is CC(C)COC(=O)CC(C)(CC(C)C)C(=O)OCC(C)C. The van der Waals surface area contributed by atoms with E-state index >= 15 is 0 Å². The molecular formula is C17H32O4. The van der Waals surface area contributed by atoms with Gasteiger partial charge in [0, 0.05) is 0 Å². The van der Waals surface area contributed by atoms with Crippen molar-refractivity contribution in [2.75, 3.05) is 13.2 Å². The molecule has 0 rings (SSSR count). The summed E-state index contributed by atoms with van der Waals surface area (Å²) in [6.07, 6.45) is 0.690. The van der Waals surface area contributed by atoms with Gasteiger partial charge in [-0.05, 0) is 31.1 Å². The molecule has 0 aliphatic rings. The molecule has 0 N–H and O–H groups in total. The van der Waals surface area contributed by atoms with Crippen molar-refractivity contribution in [3.8, 4) is 0 Å². The summed E-state index contributed by atoms with van der Waals surface area (Å²) in [6.45, 7) is 14.6. The first kappa shape index (κ1) is 19.9. The lowest BCUT2D eigenvalue weighted by molar-refractivity contribution is -0.164. The van der Waals surface area contributed by atoms with Gasteiger partial charge in [0.25, 0.3) is 0 Å². The topological polar surface area (TPSA) is 52.6 Å². The van der Waals surface area contributed by atoms with Gasteiger partial charge in [0.2, 0.25) is 0 Å². The maximum Gasteiger partial charge on any atom is 0.312 e. The molecule has 0 heterocycles. The van der Waals surface area contributed by atoms with Gasteiger partial charge in [-0.2, -0.15) is 0 Å². The second-order valence-corrected chi connectivity index (χ2v) is 7.40. The third kappa shape index (κ3) is 8.74. The highest BCUT2D eigenvalue weighted by Gasteiger charge is 2.38. The third-order valence-corrected chi connectivity index (χ3v) is 3.01. The Balaban J connectivity index is 4.74. The molecule has 0 aromatic rings. The molecule has 4 heteroatoms. The number of ether oxygens (including phenoxy) is 2. The Bertz CT molecular complexity index is 334. The van der Waals surface area contributed by atoms with Gasteiger partial charge in [0.05, 0.1) is 25.0 Å². The number of hydrogen-bond acceptors (Lipinski definition) is 4. The van der Waals surface area contributed by atoms with Crippen molar-refractivity contribution in [2.45, 2.75) is 61.3 Å². The molecule has 124 valence electrons. The Labute approximate surface area is 129 Å². The van der Waals surface area contributed by atoms with Crippen LogP contribution in [-0.2, 0) is 19.1 Å². The second kappa shape index (κ2) is 9.06. The monoisotopic (exact) mass is 300 g/mol. The molecular weight excluding hydrogens is 268 g/mol. The zero-order chi connectivity index (χ0) is 16.6. The van der Waals surface area contributed by atoms with Gasteiger partial charge in [-0.1, -0.05) is 41.5 Å². The first-order valence-corrected chi connectivity index (χ1v) is 7.89. The van der Waals surface area contributed by atoms with Crippen LogP contribution in [0.2, 0.25) is 0 Å². The maximum atomic E-state index is 12.3. The molecule has 0 bridgehead atoms. The maximum absolute atomic E-state index is 12.3. The Hall–Kier alpha value is -1.06. The van der Waals surface area contributed by atoms with E-state index in [9.17, 15) is 9.59 Å². The fraction of sp³-hybridized carbons (Fsp3) is 0.882. The Kier molecular flexibility index (Phi) is 8.60. The van der Waals surface area contributed by atoms with E-state index in [0.29, 0.717) is 25.6 Å². The first-order chi connectivity index (χ1) is 9.56. The molecule has 0 aromatic carbocycles. The van der Waals surface area contributed by atoms with Gasteiger partial charge in [0.15, 0.2) is 0 Å². The summed E-state index contributed by atoms with van der Waals surface area (Å²) in [5, 5.41) is 0. The smallest absolute Gasteiger partial charge is 0.312 e. The van der Waals surface area contributed by atoms with E-state index in [1.165, 1.54) is 0 Å². The molecule has 0 radical (unpaired) electrons. The molecule has 0 aliphatic carbocycles. The summed E-state index contributed by atoms with van der Waals surface area (Å²) < 4.78 is 10.6. The summed E-state index contributed by atoms with van der Waals surface area (Å²) in [6, 6.07) is 0. The largest absolute Gasteiger partial charge is 0.465 e. The van der Waals surface area contributed by atoms with Gasteiger partial charge < -0.3 is 9.47 Å². The van der Waals surface area contributed by atoms with Crippen molar-refractivity contribution in [2.24, 2.45) is 23.2 Å². The molecule has 0 spiro atoms. The van der Waals surface area contributed by atoms with Gasteiger partial charge >= 0.3 is 11.9 Å². The summed E-state index contributed by atoms with van der Waals surface area (Å²) in [5.74, 6) is 0.252. The van der Waals surface area contributed by atoms with Crippen LogP contribution in [0.5, 0.6) is 0 Å². The molecule has 0 saturated carbocycles. The number of esters is 2. The average molecular weight is 300 g/mol. The Morgan fingerprint density at radius 3 is 1.76 bits per heavy atom. The molecule has 1 atom stereocenters. The lowest BCUT2D eigenvalue weighted by Gasteiger charge is -2.28. The van der Waals surface area contributed by atoms with Crippen LogP contribution < -0.4 is 0 Å². The van der Waals surface area contributed by atoms with Crippen molar-refractivity contribution in [3.05, 3.63) is 0 Å². The lowest BCUT2D eigenvalue weighted by atomic mass is 9.79. The molecule has 0 saturated heterocycles. The van der Waals surface area contributed by atoms with Crippen molar-refractivity contribution < 1.29 is 19.1 Å². The zero-order valence-corrected chi connectivity index (χ0v) is 14.7. The van der Waals surface area contributed by atoms with Crippen LogP contribution in [0.4, 0.5) is 0 Å². The van der Waals surface area contributed by atoms with E-state index in [1.54, 1.807) is 6.92 Å². The van der Waals surface area contributed by atoms with E-state index in [-0.39, 0.29) is 30.2 Å². The van der Waals surface area contributed by atoms with Crippen molar-refractivity contribution in [1.82, 2.24) is 0 Å². The highest BCUT2D eigenvalue weighted by Crippen LogP contribution is 2.32. The van der Waals surface area contributed by atoms with E-state index in [1.807, 2.05) is 41.5 Å². The number of carbonyl (C=O) groups is 2. The van der Waals surface area contributed by atoms with Crippen LogP contribution in [0.3, 0.4) is 0 Å². The molecule has 21 heavy (non-hydrogen) atoms. The van der Waals surface area contributed by atoms with Crippen molar-refractivity contribution >= 4 is 11.9 Å². The predicted octanol–water partition coefficient (Wildman–Crippen LogP) is 3.83. The van der Waals surface area contributed by atoms with E-state index in [0.717, 1.165) is 0 Å². The lowest BCUT2D eigenvalue weighted by Crippen LogP contribution is -2.35. The highest BCUT2D eigenvalue weighted by molar-refractivity contribution is 5.83. The second-order valence-electron chi connectivity index (χ2n) is 7.40. The van der Waals surface area contributed by atoms with Crippen LogP contribution >= 0.6 is 0 Å². The van der Waals surface area contributed by atoms with E-state index < -0.39 is 5.41 Å². The average Bonchev–Trinajstić information content (AvgIpc) is 2.32. The van der Waals surface area contributed by atoms with Crippen molar-refractivity contribution in [1.29, 1.82) is 0 Å². The number of carbonyl (C=O) groups excluding carboxylic acids is 2. The van der Waals surface area contributed by atoms with Gasteiger partial charge in [-0.3, -0.25) is 9.59 Å². The molecule has 0 aliphatic heterocycles. The van der Waals surface area contributed by atoms with Gasteiger partial charge in [-0.15, -0.1) is 0 Å². The molecule has 1 unspecified atom stereocenters. The van der Waals surface area contributed by atoms with E-state index in [2.05, 4.69) is 0 Å². The van der Waals surface area contributed by atoms with Crippen LogP contribution in [0.1, 0.15) is 61.3 Å². The minimum atomic E-state index is -0.808. The van der Waals surface area contributed by atoms with Gasteiger partial charge in [-0.25, -0.2) is 0 Å². The number of hydrogen-bond donors (Lipinski definition) is 0. The van der Waals surface area contributed by atoms with E-state index in [4.69, 9.17) is 9.47 Å². The molecule has 0 amide bonds. The minimum absolute atomic E-state index is 0.0782. The Morgan fingerprint density at radius 2 is 1.33 bits per heavy atom. The Morgan fingerprint density at radius 1 is 0.857 bits per heavy atom. The van der Waals surface area contributed by atoms with Crippen LogP contribution in [0.25, 0.3) is 0 Å². The quantitative estimate of drug-likeness (QED) is 0.607. The molecule has 0 fully saturated rings. The number of rotatable bonds is 9. The van der Waals surface area contributed by atoms with Gasteiger partial charge in [0.1, 0.15) is 0 Å². The van der Waals surface area contributed by atoms with Crippen LogP contribution in [-0.4, -0.2) is 25.2 Å². The molecule has 4 nitrogen and oxygen atoms in total. The van der Waals surface area contributed by atoms with Crippen LogP contribution in [0.15, 0.2) is 0 Å². The fourth-order valence-electron chi connectivity index (χ4n) is 2.17. The summed E-state index contributed by atoms with van der Waals surface area (Å²) in [4.78, 5) is 24.3. The van der Waals surface area contributed by atoms with Crippen LogP contribution in [0, 0.1) is 23.2 Å². The normalized spacial score (nSPS) is 14.4. The summed E-state index contributed by atoms with van der Waals surface area (Å²) in [7, 11) is 0. The predicted molar refractivity (Wildman–Crippen MR) is 83.8 cm³/mol. The minimum Gasteiger partial charge on any atom is -0.465 e.